The largest absolute Gasteiger partial charge is 0.418 e. The van der Waals surface area contributed by atoms with Crippen molar-refractivity contribution in [2.24, 2.45) is 0 Å². The van der Waals surface area contributed by atoms with Gasteiger partial charge in [0.1, 0.15) is 0 Å². The van der Waals surface area contributed by atoms with Crippen molar-refractivity contribution >= 4 is 27.1 Å². The van der Waals surface area contributed by atoms with Gasteiger partial charge in [-0.1, -0.05) is 24.3 Å². The molecule has 3 rings (SSSR count). The molecule has 0 bridgehead atoms. The molecule has 0 unspecified atom stereocenters. The maximum Gasteiger partial charge on any atom is 0.240 e. The van der Waals surface area contributed by atoms with Gasteiger partial charge in [0, 0.05) is 14.1 Å². The van der Waals surface area contributed by atoms with Crippen LogP contribution in [0, 0.1) is 0 Å². The summed E-state index contributed by atoms with van der Waals surface area (Å²) in [7, 11) is -0.277. The van der Waals surface area contributed by atoms with Crippen LogP contribution in [0.5, 0.6) is 0 Å². The van der Waals surface area contributed by atoms with Gasteiger partial charge in [0.05, 0.1) is 9.77 Å². The number of thiophene rings is 1. The zero-order valence-electron chi connectivity index (χ0n) is 12.1. The Morgan fingerprint density at radius 2 is 1.82 bits per heavy atom. The molecular weight excluding hydrogens is 320 g/mol. The molecule has 0 atom stereocenters. The predicted octanol–water partition coefficient (Wildman–Crippen LogP) is 3.30. The highest BCUT2D eigenvalue weighted by molar-refractivity contribution is 7.91. The first-order valence-electron chi connectivity index (χ1n) is 6.52. The van der Waals surface area contributed by atoms with Gasteiger partial charge in [-0.25, -0.2) is 8.42 Å². The van der Waals surface area contributed by atoms with Crippen molar-refractivity contribution < 1.29 is 12.8 Å². The predicted molar refractivity (Wildman–Crippen MR) is 86.0 cm³/mol. The molecule has 3 aromatic rings. The summed E-state index contributed by atoms with van der Waals surface area (Å²) in [5.41, 5.74) is 0. The average molecular weight is 334 g/mol. The van der Waals surface area contributed by atoms with Crippen LogP contribution in [0.25, 0.3) is 10.8 Å². The van der Waals surface area contributed by atoms with Gasteiger partial charge < -0.3 is 9.32 Å². The van der Waals surface area contributed by atoms with Gasteiger partial charge in [0.25, 0.3) is 0 Å². The molecule has 0 saturated heterocycles. The molecule has 0 spiro atoms. The third-order valence-electron chi connectivity index (χ3n) is 3.03. The number of benzene rings is 1. The van der Waals surface area contributed by atoms with Gasteiger partial charge in [-0.05, 0) is 23.6 Å². The van der Waals surface area contributed by atoms with Crippen molar-refractivity contribution in [2.75, 3.05) is 19.0 Å². The first-order chi connectivity index (χ1) is 10.5. The molecule has 7 heteroatoms. The van der Waals surface area contributed by atoms with Crippen molar-refractivity contribution in [1.29, 1.82) is 0 Å². The SMILES string of the molecule is CN(C)c1oc(-c2cccs2)nc1S(=O)(=O)c1ccccc1. The van der Waals surface area contributed by atoms with Crippen molar-refractivity contribution in [1.82, 2.24) is 4.98 Å². The highest BCUT2D eigenvalue weighted by Crippen LogP contribution is 2.34. The summed E-state index contributed by atoms with van der Waals surface area (Å²) in [6.07, 6.45) is 0. The van der Waals surface area contributed by atoms with Gasteiger partial charge in [0.15, 0.2) is 0 Å². The molecule has 2 heterocycles. The Morgan fingerprint density at radius 1 is 1.09 bits per heavy atom. The highest BCUT2D eigenvalue weighted by atomic mass is 32.2. The van der Waals surface area contributed by atoms with E-state index in [-0.39, 0.29) is 15.8 Å². The van der Waals surface area contributed by atoms with E-state index in [1.807, 2.05) is 17.5 Å². The van der Waals surface area contributed by atoms with Gasteiger partial charge in [-0.3, -0.25) is 0 Å². The maximum atomic E-state index is 12.8. The van der Waals surface area contributed by atoms with Crippen LogP contribution in [0.2, 0.25) is 0 Å². The molecule has 2 aromatic heterocycles. The standard InChI is InChI=1S/C15H14N2O3S2/c1-17(2)15-14(16-13(20-15)12-9-6-10-21-12)22(18,19)11-7-4-3-5-8-11/h3-10H,1-2H3. The molecule has 0 saturated carbocycles. The molecule has 0 amide bonds. The highest BCUT2D eigenvalue weighted by Gasteiger charge is 2.29. The number of rotatable bonds is 4. The Morgan fingerprint density at radius 3 is 2.41 bits per heavy atom. The average Bonchev–Trinajstić information content (AvgIpc) is 3.17. The lowest BCUT2D eigenvalue weighted by Crippen LogP contribution is -2.13. The minimum Gasteiger partial charge on any atom is -0.418 e. The Hall–Kier alpha value is -2.12. The third-order valence-corrected chi connectivity index (χ3v) is 5.55. The second-order valence-corrected chi connectivity index (χ2v) is 7.63. The number of anilines is 1. The Bertz CT molecular complexity index is 867. The van der Waals surface area contributed by atoms with E-state index in [9.17, 15) is 8.42 Å². The lowest BCUT2D eigenvalue weighted by molar-refractivity contribution is 0.565. The van der Waals surface area contributed by atoms with Crippen LogP contribution in [0.3, 0.4) is 0 Å². The van der Waals surface area contributed by atoms with E-state index in [0.717, 1.165) is 4.88 Å². The van der Waals surface area contributed by atoms with Crippen molar-refractivity contribution in [3.63, 3.8) is 0 Å². The summed E-state index contributed by atoms with van der Waals surface area (Å²) in [5, 5.41) is 1.83. The fourth-order valence-corrected chi connectivity index (χ4v) is 4.02. The van der Waals surface area contributed by atoms with Crippen LogP contribution in [-0.4, -0.2) is 27.5 Å². The van der Waals surface area contributed by atoms with E-state index in [0.29, 0.717) is 5.89 Å². The third kappa shape index (κ3) is 2.53. The second kappa shape index (κ2) is 5.58. The molecule has 0 aliphatic carbocycles. The molecule has 1 aromatic carbocycles. The smallest absolute Gasteiger partial charge is 0.240 e. The van der Waals surface area contributed by atoms with Crippen molar-refractivity contribution in [3.05, 3.63) is 47.8 Å². The monoisotopic (exact) mass is 334 g/mol. The summed E-state index contributed by atoms with van der Waals surface area (Å²) >= 11 is 1.45. The molecule has 0 aliphatic rings. The summed E-state index contributed by atoms with van der Waals surface area (Å²) in [4.78, 5) is 6.83. The zero-order chi connectivity index (χ0) is 15.7. The molecule has 0 fully saturated rings. The van der Waals surface area contributed by atoms with E-state index in [4.69, 9.17) is 4.42 Å². The van der Waals surface area contributed by atoms with Crippen LogP contribution >= 0.6 is 11.3 Å². The summed E-state index contributed by atoms with van der Waals surface area (Å²) < 4.78 is 31.3. The minimum atomic E-state index is -3.73. The zero-order valence-corrected chi connectivity index (χ0v) is 13.7. The number of sulfone groups is 1. The lowest BCUT2D eigenvalue weighted by atomic mass is 10.4. The van der Waals surface area contributed by atoms with Crippen LogP contribution < -0.4 is 4.90 Å². The number of aromatic nitrogens is 1. The van der Waals surface area contributed by atoms with Gasteiger partial charge in [-0.2, -0.15) is 4.98 Å². The maximum absolute atomic E-state index is 12.8. The molecule has 0 radical (unpaired) electrons. The number of nitrogens with zero attached hydrogens (tertiary/aromatic N) is 2. The van der Waals surface area contributed by atoms with Gasteiger partial charge in [-0.15, -0.1) is 11.3 Å². The summed E-state index contributed by atoms with van der Waals surface area (Å²) in [5.74, 6) is 0.542. The second-order valence-electron chi connectivity index (χ2n) is 4.82. The molecule has 22 heavy (non-hydrogen) atoms. The first-order valence-corrected chi connectivity index (χ1v) is 8.88. The van der Waals surface area contributed by atoms with Crippen molar-refractivity contribution in [3.8, 4) is 10.8 Å². The van der Waals surface area contributed by atoms with E-state index in [1.165, 1.54) is 11.3 Å². The molecule has 0 aliphatic heterocycles. The van der Waals surface area contributed by atoms with E-state index in [1.54, 1.807) is 49.3 Å². The van der Waals surface area contributed by atoms with Crippen LogP contribution in [0.4, 0.5) is 5.88 Å². The van der Waals surface area contributed by atoms with Gasteiger partial charge in [0.2, 0.25) is 26.6 Å². The summed E-state index contributed by atoms with van der Waals surface area (Å²) in [6, 6.07) is 11.9. The summed E-state index contributed by atoms with van der Waals surface area (Å²) in [6.45, 7) is 0. The molecule has 114 valence electrons. The molecule has 0 N–H and O–H groups in total. The van der Waals surface area contributed by atoms with Crippen LogP contribution in [0.1, 0.15) is 0 Å². The normalized spacial score (nSPS) is 11.5. The minimum absolute atomic E-state index is 0.0629. The molecular formula is C15H14N2O3S2. The fourth-order valence-electron chi connectivity index (χ4n) is 1.97. The Kier molecular flexibility index (Phi) is 3.76. The fraction of sp³-hybridized carbons (Fsp3) is 0.133. The van der Waals surface area contributed by atoms with Gasteiger partial charge >= 0.3 is 0 Å². The van der Waals surface area contributed by atoms with E-state index < -0.39 is 9.84 Å². The Labute approximate surface area is 132 Å². The molecule has 5 nitrogen and oxygen atoms in total. The van der Waals surface area contributed by atoms with E-state index >= 15 is 0 Å². The van der Waals surface area contributed by atoms with Crippen LogP contribution in [-0.2, 0) is 9.84 Å². The number of hydrogen-bond acceptors (Lipinski definition) is 6. The van der Waals surface area contributed by atoms with E-state index in [2.05, 4.69) is 4.98 Å². The topological polar surface area (TPSA) is 63.4 Å². The van der Waals surface area contributed by atoms with Crippen molar-refractivity contribution in [2.45, 2.75) is 9.92 Å². The quantitative estimate of drug-likeness (QED) is 0.732. The first kappa shape index (κ1) is 14.8. The van der Waals surface area contributed by atoms with Crippen LogP contribution in [0.15, 0.2) is 62.2 Å². The lowest BCUT2D eigenvalue weighted by Gasteiger charge is -2.09. The number of hydrogen-bond donors (Lipinski definition) is 0. The number of oxazole rings is 1. The Balaban J connectivity index is 2.18.